The zero-order chi connectivity index (χ0) is 23.7. The van der Waals surface area contributed by atoms with E-state index in [1.807, 2.05) is 12.3 Å². The highest BCUT2D eigenvalue weighted by atomic mass is 19.3. The van der Waals surface area contributed by atoms with Gasteiger partial charge in [0.15, 0.2) is 0 Å². The molecule has 176 valence electrons. The second-order valence-electron chi connectivity index (χ2n) is 9.21. The molecule has 0 aromatic carbocycles. The first kappa shape index (κ1) is 20.3. The lowest BCUT2D eigenvalue weighted by molar-refractivity contribution is 0.0689. The average Bonchev–Trinajstić information content (AvgIpc) is 3.27. The van der Waals surface area contributed by atoms with Crippen LogP contribution in [-0.2, 0) is 6.42 Å². The van der Waals surface area contributed by atoms with E-state index >= 15 is 0 Å². The van der Waals surface area contributed by atoms with Gasteiger partial charge in [0.1, 0.15) is 6.04 Å². The van der Waals surface area contributed by atoms with E-state index in [1.165, 1.54) is 29.0 Å². The number of carbonyl (C=O) groups is 1. The molecule has 10 heteroatoms. The molecule has 1 aliphatic heterocycles. The van der Waals surface area contributed by atoms with Crippen molar-refractivity contribution in [3.05, 3.63) is 89.0 Å². The van der Waals surface area contributed by atoms with Gasteiger partial charge in [-0.15, -0.1) is 0 Å². The van der Waals surface area contributed by atoms with Crippen LogP contribution in [0.5, 0.6) is 0 Å². The number of hydrogen-bond acceptors (Lipinski definition) is 4. The summed E-state index contributed by atoms with van der Waals surface area (Å²) < 4.78 is 30.5. The van der Waals surface area contributed by atoms with Gasteiger partial charge in [0, 0.05) is 36.6 Å². The van der Waals surface area contributed by atoms with Gasteiger partial charge in [-0.05, 0) is 48.6 Å². The van der Waals surface area contributed by atoms with Crippen molar-refractivity contribution in [3.8, 4) is 0 Å². The van der Waals surface area contributed by atoms with Crippen LogP contribution >= 0.6 is 0 Å². The van der Waals surface area contributed by atoms with E-state index in [9.17, 15) is 13.6 Å². The Kier molecular flexibility index (Phi) is 4.33. The fourth-order valence-corrected chi connectivity index (χ4v) is 5.15. The number of alkyl halides is 2. The van der Waals surface area contributed by atoms with E-state index in [0.717, 1.165) is 11.2 Å². The number of rotatable bonds is 4. The maximum absolute atomic E-state index is 13.9. The third-order valence-electron chi connectivity index (χ3n) is 7.07. The molecule has 1 fully saturated rings. The molecule has 2 aliphatic rings. The van der Waals surface area contributed by atoms with E-state index in [0.29, 0.717) is 41.4 Å². The van der Waals surface area contributed by atoms with E-state index in [2.05, 4.69) is 26.2 Å². The number of amides is 1. The van der Waals surface area contributed by atoms with Crippen LogP contribution in [0.15, 0.2) is 55.2 Å². The van der Waals surface area contributed by atoms with Crippen molar-refractivity contribution in [1.29, 1.82) is 0 Å². The van der Waals surface area contributed by atoms with Gasteiger partial charge in [-0.2, -0.15) is 10.2 Å². The number of hydrogen-bond donors (Lipinski definition) is 1. The predicted molar refractivity (Wildman–Crippen MR) is 122 cm³/mol. The van der Waals surface area contributed by atoms with Crippen molar-refractivity contribution >= 4 is 16.9 Å². The maximum atomic E-state index is 13.9. The monoisotopic (exact) mass is 473 g/mol. The molecule has 7 rings (SSSR count). The summed E-state index contributed by atoms with van der Waals surface area (Å²) >= 11 is 0. The first-order chi connectivity index (χ1) is 17.1. The molecule has 0 spiro atoms. The molecule has 6 heterocycles. The van der Waals surface area contributed by atoms with Gasteiger partial charge < -0.3 is 9.88 Å². The largest absolute Gasteiger partial charge is 0.348 e. The first-order valence-corrected chi connectivity index (χ1v) is 11.6. The van der Waals surface area contributed by atoms with Crippen LogP contribution in [-0.4, -0.2) is 46.5 Å². The minimum atomic E-state index is -2.63. The van der Waals surface area contributed by atoms with E-state index in [4.69, 9.17) is 0 Å². The Morgan fingerprint density at radius 2 is 2.03 bits per heavy atom. The number of nitrogens with one attached hydrogen (secondary N) is 1. The molecule has 0 radical (unpaired) electrons. The fraction of sp³-hybridized carbons (Fsp3) is 0.280. The van der Waals surface area contributed by atoms with Crippen molar-refractivity contribution in [2.24, 2.45) is 0 Å². The SMILES string of the molecule is O=C(c1cnn2cc(C3CC3)ccc12)N1CCc2[nH]cnc2[C@H]1c1cc2c(C(F)F)cccn2n1. The highest BCUT2D eigenvalue weighted by molar-refractivity contribution is 6.01. The Morgan fingerprint density at radius 1 is 1.14 bits per heavy atom. The van der Waals surface area contributed by atoms with Crippen molar-refractivity contribution < 1.29 is 13.6 Å². The van der Waals surface area contributed by atoms with Crippen LogP contribution in [0.1, 0.15) is 69.8 Å². The van der Waals surface area contributed by atoms with Gasteiger partial charge in [0.05, 0.1) is 40.5 Å². The molecule has 5 aromatic heterocycles. The molecule has 1 N–H and O–H groups in total. The highest BCUT2D eigenvalue weighted by Gasteiger charge is 2.37. The van der Waals surface area contributed by atoms with E-state index in [-0.39, 0.29) is 11.5 Å². The summed E-state index contributed by atoms with van der Waals surface area (Å²) in [7, 11) is 0. The van der Waals surface area contributed by atoms with Gasteiger partial charge >= 0.3 is 0 Å². The lowest BCUT2D eigenvalue weighted by atomic mass is 9.98. The summed E-state index contributed by atoms with van der Waals surface area (Å²) in [5.74, 6) is 0.393. The van der Waals surface area contributed by atoms with Crippen molar-refractivity contribution in [1.82, 2.24) is 34.1 Å². The zero-order valence-corrected chi connectivity index (χ0v) is 18.6. The molecule has 1 atom stereocenters. The van der Waals surface area contributed by atoms with Crippen LogP contribution < -0.4 is 0 Å². The van der Waals surface area contributed by atoms with E-state index < -0.39 is 12.5 Å². The number of halogens is 2. The molecule has 1 amide bonds. The van der Waals surface area contributed by atoms with Gasteiger partial charge in [0.25, 0.3) is 12.3 Å². The number of imidazole rings is 1. The standard InChI is InChI=1S/C25H21F2N7O/c26-24(27)16-2-1-8-33-21(16)10-19(31-33)23-22-18(28-13-29-22)7-9-32(23)25(35)17-11-30-34-12-15(14-3-4-14)5-6-20(17)34/h1-2,5-6,8,10-14,23-24H,3-4,7,9H2,(H,28,29)/t23-/m1/s1. The van der Waals surface area contributed by atoms with Gasteiger partial charge in [-0.3, -0.25) is 4.79 Å². The van der Waals surface area contributed by atoms with Crippen LogP contribution in [0, 0.1) is 0 Å². The molecule has 1 aliphatic carbocycles. The minimum Gasteiger partial charge on any atom is -0.348 e. The normalized spacial score (nSPS) is 18.0. The van der Waals surface area contributed by atoms with Gasteiger partial charge in [0.2, 0.25) is 0 Å². The number of H-pyrrole nitrogens is 1. The number of nitrogens with zero attached hydrogens (tertiary/aromatic N) is 6. The quantitative estimate of drug-likeness (QED) is 0.422. The highest BCUT2D eigenvalue weighted by Crippen LogP contribution is 2.40. The van der Waals surface area contributed by atoms with Crippen LogP contribution in [0.3, 0.4) is 0 Å². The Morgan fingerprint density at radius 3 is 2.86 bits per heavy atom. The third-order valence-corrected chi connectivity index (χ3v) is 7.07. The Balaban J connectivity index is 1.33. The average molecular weight is 473 g/mol. The summed E-state index contributed by atoms with van der Waals surface area (Å²) in [5.41, 5.74) is 4.77. The first-order valence-electron chi connectivity index (χ1n) is 11.6. The summed E-state index contributed by atoms with van der Waals surface area (Å²) in [6, 6.07) is 7.98. The molecule has 0 unspecified atom stereocenters. The number of pyridine rings is 2. The number of fused-ring (bicyclic) bond motifs is 3. The molecule has 1 saturated carbocycles. The van der Waals surface area contributed by atoms with Crippen molar-refractivity contribution in [2.75, 3.05) is 6.54 Å². The summed E-state index contributed by atoms with van der Waals surface area (Å²) in [6.07, 6.45) is 7.18. The van der Waals surface area contributed by atoms with Gasteiger partial charge in [-0.25, -0.2) is 22.8 Å². The number of carbonyl (C=O) groups excluding carboxylic acids is 1. The van der Waals surface area contributed by atoms with Gasteiger partial charge in [-0.1, -0.05) is 6.07 Å². The second-order valence-corrected chi connectivity index (χ2v) is 9.21. The molecular weight excluding hydrogens is 452 g/mol. The fourth-order valence-electron chi connectivity index (χ4n) is 5.15. The van der Waals surface area contributed by atoms with Crippen molar-refractivity contribution in [3.63, 3.8) is 0 Å². The third kappa shape index (κ3) is 3.16. The number of aromatic amines is 1. The molecule has 8 nitrogen and oxygen atoms in total. The lowest BCUT2D eigenvalue weighted by Gasteiger charge is -2.33. The van der Waals surface area contributed by atoms with E-state index in [1.54, 1.807) is 40.3 Å². The minimum absolute atomic E-state index is 0.101. The molecule has 0 saturated heterocycles. The Hall–Kier alpha value is -4.08. The second kappa shape index (κ2) is 7.46. The molecular formula is C25H21F2N7O. The topological polar surface area (TPSA) is 83.6 Å². The molecule has 0 bridgehead atoms. The lowest BCUT2D eigenvalue weighted by Crippen LogP contribution is -2.41. The van der Waals surface area contributed by atoms with Crippen LogP contribution in [0.2, 0.25) is 0 Å². The summed E-state index contributed by atoms with van der Waals surface area (Å²) in [5, 5.41) is 9.03. The molecule has 5 aromatic rings. The summed E-state index contributed by atoms with van der Waals surface area (Å²) in [6.45, 7) is 0.436. The smallest absolute Gasteiger partial charge is 0.265 e. The maximum Gasteiger partial charge on any atom is 0.265 e. The molecule has 35 heavy (non-hydrogen) atoms. The number of aromatic nitrogens is 6. The van der Waals surface area contributed by atoms with Crippen LogP contribution in [0.4, 0.5) is 8.78 Å². The summed E-state index contributed by atoms with van der Waals surface area (Å²) in [4.78, 5) is 23.2. The predicted octanol–water partition coefficient (Wildman–Crippen LogP) is 4.31. The zero-order valence-electron chi connectivity index (χ0n) is 18.6. The van der Waals surface area contributed by atoms with Crippen LogP contribution in [0.25, 0.3) is 11.0 Å². The van der Waals surface area contributed by atoms with Crippen molar-refractivity contribution in [2.45, 2.75) is 37.6 Å². The Bertz CT molecular complexity index is 1600. The Labute approximate surface area is 198 Å².